The summed E-state index contributed by atoms with van der Waals surface area (Å²) in [5, 5.41) is 9.96. The van der Waals surface area contributed by atoms with E-state index in [-0.39, 0.29) is 6.03 Å². The zero-order chi connectivity index (χ0) is 22.5. The first-order chi connectivity index (χ1) is 15.5. The molecular weight excluding hydrogens is 408 g/mol. The normalized spacial score (nSPS) is 10.5. The number of aryl methyl sites for hydroxylation is 2. The second-order valence-corrected chi connectivity index (χ2v) is 6.99. The first-order valence-corrected chi connectivity index (χ1v) is 9.86. The summed E-state index contributed by atoms with van der Waals surface area (Å²) in [6.45, 7) is 3.88. The second-order valence-electron chi connectivity index (χ2n) is 6.99. The number of methoxy groups -OCH3 is 1. The molecule has 2 aromatic carbocycles. The minimum Gasteiger partial charge on any atom is -0.497 e. The molecule has 4 aromatic rings. The number of benzene rings is 2. The van der Waals surface area contributed by atoms with Gasteiger partial charge in [-0.05, 0) is 56.3 Å². The first-order valence-electron chi connectivity index (χ1n) is 9.86. The van der Waals surface area contributed by atoms with E-state index in [0.29, 0.717) is 34.6 Å². The van der Waals surface area contributed by atoms with Crippen LogP contribution in [0, 0.1) is 13.8 Å². The Morgan fingerprint density at radius 3 is 2.41 bits per heavy atom. The van der Waals surface area contributed by atoms with Crippen molar-refractivity contribution < 1.29 is 14.3 Å². The molecule has 162 valence electrons. The molecular formula is C23H22N6O3. The van der Waals surface area contributed by atoms with Gasteiger partial charge in [0, 0.05) is 29.2 Å². The highest BCUT2D eigenvalue weighted by molar-refractivity contribution is 5.99. The summed E-state index contributed by atoms with van der Waals surface area (Å²) in [6.07, 6.45) is 1.43. The number of carbonyl (C=O) groups excluding carboxylic acids is 1. The smallest absolute Gasteiger partial charge is 0.323 e. The Morgan fingerprint density at radius 1 is 0.906 bits per heavy atom. The molecule has 32 heavy (non-hydrogen) atoms. The molecule has 0 fully saturated rings. The average Bonchev–Trinajstić information content (AvgIpc) is 3.13. The molecule has 0 spiro atoms. The van der Waals surface area contributed by atoms with E-state index >= 15 is 0 Å². The maximum absolute atomic E-state index is 12.2. The van der Waals surface area contributed by atoms with Crippen molar-refractivity contribution in [2.75, 3.05) is 17.7 Å². The molecule has 0 saturated carbocycles. The van der Waals surface area contributed by atoms with Gasteiger partial charge in [0.2, 0.25) is 5.88 Å². The Bertz CT molecular complexity index is 1240. The second kappa shape index (κ2) is 9.17. The molecule has 0 radical (unpaired) electrons. The van der Waals surface area contributed by atoms with Crippen LogP contribution in [0.15, 0.2) is 67.0 Å². The quantitative estimate of drug-likeness (QED) is 0.459. The molecule has 9 nitrogen and oxygen atoms in total. The minimum absolute atomic E-state index is 0.364. The first kappa shape index (κ1) is 20.9. The highest BCUT2D eigenvalue weighted by Gasteiger charge is 2.09. The number of ether oxygens (including phenoxy) is 2. The van der Waals surface area contributed by atoms with E-state index in [9.17, 15) is 4.79 Å². The lowest BCUT2D eigenvalue weighted by atomic mass is 10.3. The molecule has 2 amide bonds. The highest BCUT2D eigenvalue weighted by Crippen LogP contribution is 2.23. The third kappa shape index (κ3) is 5.01. The monoisotopic (exact) mass is 430 g/mol. The van der Waals surface area contributed by atoms with Gasteiger partial charge in [0.25, 0.3) is 0 Å². The van der Waals surface area contributed by atoms with E-state index in [1.165, 1.54) is 6.33 Å². The number of nitrogens with zero attached hydrogens (tertiary/aromatic N) is 4. The summed E-state index contributed by atoms with van der Waals surface area (Å²) in [6, 6.07) is 17.4. The zero-order valence-corrected chi connectivity index (χ0v) is 17.9. The van der Waals surface area contributed by atoms with Crippen LogP contribution in [0.1, 0.15) is 11.4 Å². The van der Waals surface area contributed by atoms with Gasteiger partial charge in [-0.15, -0.1) is 0 Å². The van der Waals surface area contributed by atoms with Gasteiger partial charge >= 0.3 is 6.03 Å². The van der Waals surface area contributed by atoms with Crippen LogP contribution in [-0.2, 0) is 0 Å². The molecule has 4 rings (SSSR count). The number of nitrogens with one attached hydrogen (secondary N) is 2. The Labute approximate surface area is 185 Å². The van der Waals surface area contributed by atoms with Gasteiger partial charge in [-0.3, -0.25) is 0 Å². The van der Waals surface area contributed by atoms with Crippen LogP contribution < -0.4 is 20.1 Å². The largest absolute Gasteiger partial charge is 0.497 e. The van der Waals surface area contributed by atoms with Crippen molar-refractivity contribution in [3.63, 3.8) is 0 Å². The number of carbonyl (C=O) groups is 1. The predicted molar refractivity (Wildman–Crippen MR) is 121 cm³/mol. The van der Waals surface area contributed by atoms with Gasteiger partial charge in [0.15, 0.2) is 5.82 Å². The number of hydrogen-bond donors (Lipinski definition) is 2. The molecule has 0 aliphatic rings. The summed E-state index contributed by atoms with van der Waals surface area (Å²) < 4.78 is 12.7. The maximum Gasteiger partial charge on any atom is 0.323 e. The van der Waals surface area contributed by atoms with Crippen molar-refractivity contribution in [2.45, 2.75) is 13.8 Å². The SMILES string of the molecule is COc1cccc(NC(=O)Nc2ccc(Oc3cc(-n4nc(C)cc4C)ncn3)cc2)c1. The third-order valence-corrected chi connectivity index (χ3v) is 4.52. The Balaban J connectivity index is 1.39. The summed E-state index contributed by atoms with van der Waals surface area (Å²) in [5.74, 6) is 2.24. The molecule has 0 saturated heterocycles. The Kier molecular flexibility index (Phi) is 5.98. The number of urea groups is 1. The molecule has 0 unspecified atom stereocenters. The Hall–Kier alpha value is -4.40. The predicted octanol–water partition coefficient (Wildman–Crippen LogP) is 4.72. The van der Waals surface area contributed by atoms with Crippen molar-refractivity contribution in [1.29, 1.82) is 0 Å². The molecule has 0 aliphatic heterocycles. The fourth-order valence-corrected chi connectivity index (χ4v) is 3.08. The standard InChI is InChI=1S/C23H22N6O3/c1-15-11-16(2)29(28-15)21-13-22(25-14-24-21)32-19-9-7-17(8-10-19)26-23(30)27-18-5-4-6-20(12-18)31-3/h4-14H,1-3H3,(H2,26,27,30). The highest BCUT2D eigenvalue weighted by atomic mass is 16.5. The number of aromatic nitrogens is 4. The van der Waals surface area contributed by atoms with Crippen LogP contribution in [0.5, 0.6) is 17.4 Å². The van der Waals surface area contributed by atoms with Crippen LogP contribution in [0.25, 0.3) is 5.82 Å². The van der Waals surface area contributed by atoms with Gasteiger partial charge < -0.3 is 20.1 Å². The average molecular weight is 430 g/mol. The van der Waals surface area contributed by atoms with Crippen LogP contribution in [0.3, 0.4) is 0 Å². The number of anilines is 2. The van der Waals surface area contributed by atoms with Gasteiger partial charge in [-0.1, -0.05) is 6.07 Å². The molecule has 0 bridgehead atoms. The van der Waals surface area contributed by atoms with Crippen LogP contribution >= 0.6 is 0 Å². The summed E-state index contributed by atoms with van der Waals surface area (Å²) in [7, 11) is 1.57. The molecule has 2 heterocycles. The fourth-order valence-electron chi connectivity index (χ4n) is 3.08. The maximum atomic E-state index is 12.2. The van der Waals surface area contributed by atoms with Crippen molar-refractivity contribution in [1.82, 2.24) is 19.7 Å². The van der Waals surface area contributed by atoms with E-state index in [2.05, 4.69) is 25.7 Å². The lowest BCUT2D eigenvalue weighted by molar-refractivity contribution is 0.262. The third-order valence-electron chi connectivity index (χ3n) is 4.52. The summed E-state index contributed by atoms with van der Waals surface area (Å²) >= 11 is 0. The van der Waals surface area contributed by atoms with Crippen LogP contribution in [-0.4, -0.2) is 32.9 Å². The lowest BCUT2D eigenvalue weighted by Gasteiger charge is -2.10. The summed E-state index contributed by atoms with van der Waals surface area (Å²) in [4.78, 5) is 20.7. The minimum atomic E-state index is -0.364. The van der Waals surface area contributed by atoms with Crippen LogP contribution in [0.4, 0.5) is 16.2 Å². The van der Waals surface area contributed by atoms with Gasteiger partial charge in [-0.2, -0.15) is 5.10 Å². The molecule has 2 aromatic heterocycles. The van der Waals surface area contributed by atoms with E-state index in [0.717, 1.165) is 11.4 Å². The molecule has 0 aliphatic carbocycles. The van der Waals surface area contributed by atoms with Gasteiger partial charge in [0.05, 0.1) is 12.8 Å². The fraction of sp³-hybridized carbons (Fsp3) is 0.130. The molecule has 0 atom stereocenters. The number of amides is 2. The lowest BCUT2D eigenvalue weighted by Crippen LogP contribution is -2.19. The van der Waals surface area contributed by atoms with Crippen molar-refractivity contribution in [3.8, 4) is 23.2 Å². The van der Waals surface area contributed by atoms with Gasteiger partial charge in [-0.25, -0.2) is 19.4 Å². The summed E-state index contributed by atoms with van der Waals surface area (Å²) in [5.41, 5.74) is 3.12. The van der Waals surface area contributed by atoms with E-state index in [1.54, 1.807) is 66.4 Å². The Morgan fingerprint density at radius 2 is 1.69 bits per heavy atom. The van der Waals surface area contributed by atoms with Crippen molar-refractivity contribution in [3.05, 3.63) is 78.4 Å². The number of hydrogen-bond acceptors (Lipinski definition) is 6. The van der Waals surface area contributed by atoms with E-state index in [1.807, 2.05) is 19.9 Å². The topological polar surface area (TPSA) is 103 Å². The van der Waals surface area contributed by atoms with Crippen LogP contribution in [0.2, 0.25) is 0 Å². The number of rotatable bonds is 6. The van der Waals surface area contributed by atoms with Crippen molar-refractivity contribution in [2.24, 2.45) is 0 Å². The van der Waals surface area contributed by atoms with Gasteiger partial charge in [0.1, 0.15) is 17.8 Å². The molecule has 2 N–H and O–H groups in total. The van der Waals surface area contributed by atoms with E-state index < -0.39 is 0 Å². The zero-order valence-electron chi connectivity index (χ0n) is 17.9. The molecule has 9 heteroatoms. The van der Waals surface area contributed by atoms with Crippen molar-refractivity contribution >= 4 is 17.4 Å². The van der Waals surface area contributed by atoms with E-state index in [4.69, 9.17) is 9.47 Å².